The topological polar surface area (TPSA) is 119 Å². The van der Waals surface area contributed by atoms with Crippen LogP contribution in [-0.2, 0) is 0 Å². The number of pyridine rings is 1. The average molecular weight is 475 g/mol. The van der Waals surface area contributed by atoms with Crippen LogP contribution in [0.2, 0.25) is 5.02 Å². The zero-order valence-electron chi connectivity index (χ0n) is 17.7. The van der Waals surface area contributed by atoms with Crippen LogP contribution in [0.1, 0.15) is 24.2 Å². The van der Waals surface area contributed by atoms with Crippen molar-refractivity contribution < 1.29 is 19.4 Å². The van der Waals surface area contributed by atoms with E-state index < -0.39 is 11.5 Å². The van der Waals surface area contributed by atoms with Gasteiger partial charge in [-0.05, 0) is 50.3 Å². The van der Waals surface area contributed by atoms with Gasteiger partial charge >= 0.3 is 0 Å². The van der Waals surface area contributed by atoms with Crippen molar-refractivity contribution in [2.45, 2.75) is 19.4 Å². The molecule has 10 heteroatoms. The SMILES string of the molecule is COc1cc2nccc(Oc3ccc(NC(=S)NCC(C)(C)O)c(Cl)c3)c2cc1C(N)=O. The Balaban J connectivity index is 1.83. The standard InChI is InChI=1S/C22H23ClN4O4S/c1-22(2,29)11-26-21(32)27-16-5-4-12(8-15(16)23)31-18-6-7-25-17-10-19(30-3)14(20(24)28)9-13(17)18/h4-10,29H,11H2,1-3H3,(H2,24,28)(H2,26,27,32). The molecular formula is C22H23ClN4O4S. The molecule has 1 amide bonds. The van der Waals surface area contributed by atoms with Gasteiger partial charge in [-0.1, -0.05) is 11.6 Å². The minimum atomic E-state index is -0.904. The van der Waals surface area contributed by atoms with E-state index in [2.05, 4.69) is 15.6 Å². The highest BCUT2D eigenvalue weighted by molar-refractivity contribution is 7.80. The normalized spacial score (nSPS) is 11.2. The van der Waals surface area contributed by atoms with Crippen LogP contribution in [0.15, 0.2) is 42.6 Å². The number of nitrogens with zero attached hydrogens (tertiary/aromatic N) is 1. The highest BCUT2D eigenvalue weighted by Crippen LogP contribution is 2.35. The first-order valence-electron chi connectivity index (χ1n) is 9.58. The van der Waals surface area contributed by atoms with E-state index in [-0.39, 0.29) is 12.1 Å². The molecule has 2 aromatic carbocycles. The minimum absolute atomic E-state index is 0.225. The number of hydrogen-bond acceptors (Lipinski definition) is 6. The van der Waals surface area contributed by atoms with Gasteiger partial charge < -0.3 is 30.9 Å². The maximum absolute atomic E-state index is 11.8. The predicted molar refractivity (Wildman–Crippen MR) is 129 cm³/mol. The minimum Gasteiger partial charge on any atom is -0.496 e. The molecule has 0 saturated carbocycles. The number of nitrogens with two attached hydrogens (primary N) is 1. The van der Waals surface area contributed by atoms with Gasteiger partial charge in [0.15, 0.2) is 5.11 Å². The van der Waals surface area contributed by atoms with E-state index in [0.717, 1.165) is 0 Å². The summed E-state index contributed by atoms with van der Waals surface area (Å²) in [6.07, 6.45) is 1.59. The Morgan fingerprint density at radius 3 is 2.62 bits per heavy atom. The molecule has 1 heterocycles. The number of anilines is 1. The molecule has 0 aliphatic heterocycles. The van der Waals surface area contributed by atoms with Crippen LogP contribution in [0, 0.1) is 0 Å². The Morgan fingerprint density at radius 2 is 2.00 bits per heavy atom. The predicted octanol–water partition coefficient (Wildman–Crippen LogP) is 3.85. The number of carbonyl (C=O) groups excluding carboxylic acids is 1. The maximum atomic E-state index is 11.8. The van der Waals surface area contributed by atoms with Gasteiger partial charge in [0, 0.05) is 30.3 Å². The molecule has 0 atom stereocenters. The van der Waals surface area contributed by atoms with Gasteiger partial charge in [-0.2, -0.15) is 0 Å². The number of amides is 1. The maximum Gasteiger partial charge on any atom is 0.252 e. The number of fused-ring (bicyclic) bond motifs is 1. The van der Waals surface area contributed by atoms with Gasteiger partial charge in [-0.15, -0.1) is 0 Å². The Bertz CT molecular complexity index is 1180. The fraction of sp³-hybridized carbons (Fsp3) is 0.227. The lowest BCUT2D eigenvalue weighted by molar-refractivity contribution is 0.0851. The summed E-state index contributed by atoms with van der Waals surface area (Å²) in [6, 6.07) is 9.96. The summed E-state index contributed by atoms with van der Waals surface area (Å²) in [4.78, 5) is 16.1. The van der Waals surface area contributed by atoms with Crippen LogP contribution in [0.4, 0.5) is 5.69 Å². The molecule has 0 bridgehead atoms. The summed E-state index contributed by atoms with van der Waals surface area (Å²) >= 11 is 11.6. The molecule has 0 saturated heterocycles. The molecule has 0 fully saturated rings. The third kappa shape index (κ3) is 5.76. The number of aliphatic hydroxyl groups is 1. The van der Waals surface area contributed by atoms with Gasteiger partial charge in [-0.25, -0.2) is 0 Å². The van der Waals surface area contributed by atoms with Crippen LogP contribution in [0.25, 0.3) is 10.9 Å². The summed E-state index contributed by atoms with van der Waals surface area (Å²) in [5.74, 6) is 0.660. The van der Waals surface area contributed by atoms with E-state index in [1.807, 2.05) is 0 Å². The van der Waals surface area contributed by atoms with Crippen LogP contribution in [0.5, 0.6) is 17.2 Å². The second-order valence-electron chi connectivity index (χ2n) is 7.61. The van der Waals surface area contributed by atoms with Crippen LogP contribution in [-0.4, -0.2) is 40.4 Å². The van der Waals surface area contributed by atoms with Gasteiger partial charge in [0.05, 0.1) is 34.5 Å². The number of primary amides is 1. The first-order chi connectivity index (χ1) is 15.1. The molecule has 0 unspecified atom stereocenters. The van der Waals surface area contributed by atoms with E-state index in [4.69, 9.17) is 39.0 Å². The summed E-state index contributed by atoms with van der Waals surface area (Å²) < 4.78 is 11.2. The molecule has 1 aromatic heterocycles. The quantitative estimate of drug-likeness (QED) is 0.381. The van der Waals surface area contributed by atoms with E-state index in [0.29, 0.717) is 44.0 Å². The second kappa shape index (κ2) is 9.56. The summed E-state index contributed by atoms with van der Waals surface area (Å²) in [7, 11) is 1.46. The summed E-state index contributed by atoms with van der Waals surface area (Å²) in [6.45, 7) is 3.63. The zero-order valence-corrected chi connectivity index (χ0v) is 19.3. The molecule has 3 rings (SSSR count). The summed E-state index contributed by atoms with van der Waals surface area (Å²) in [5, 5.41) is 17.0. The number of aromatic nitrogens is 1. The summed E-state index contributed by atoms with van der Waals surface area (Å²) in [5.41, 5.74) is 5.95. The number of rotatable bonds is 7. The first-order valence-corrected chi connectivity index (χ1v) is 10.4. The highest BCUT2D eigenvalue weighted by Gasteiger charge is 2.15. The Kier molecular flexibility index (Phi) is 7.02. The van der Waals surface area contributed by atoms with Gasteiger partial charge in [0.1, 0.15) is 17.2 Å². The average Bonchev–Trinajstić information content (AvgIpc) is 2.73. The van der Waals surface area contributed by atoms with E-state index >= 15 is 0 Å². The molecule has 8 nitrogen and oxygen atoms in total. The zero-order chi connectivity index (χ0) is 23.5. The van der Waals surface area contributed by atoms with Crippen molar-refractivity contribution in [2.24, 2.45) is 5.73 Å². The number of thiocarbonyl (C=S) groups is 1. The highest BCUT2D eigenvalue weighted by atomic mass is 35.5. The number of carbonyl (C=O) groups is 1. The van der Waals surface area contributed by atoms with Crippen molar-refractivity contribution >= 4 is 51.4 Å². The van der Waals surface area contributed by atoms with E-state index in [9.17, 15) is 9.90 Å². The van der Waals surface area contributed by atoms with Crippen LogP contribution >= 0.6 is 23.8 Å². The molecule has 32 heavy (non-hydrogen) atoms. The fourth-order valence-electron chi connectivity index (χ4n) is 2.85. The number of ether oxygens (including phenoxy) is 2. The van der Waals surface area contributed by atoms with E-state index in [1.54, 1.807) is 56.4 Å². The Labute approximate surface area is 195 Å². The van der Waals surface area contributed by atoms with Crippen LogP contribution in [0.3, 0.4) is 0 Å². The van der Waals surface area contributed by atoms with Crippen molar-refractivity contribution in [3.63, 3.8) is 0 Å². The lowest BCUT2D eigenvalue weighted by Gasteiger charge is -2.19. The lowest BCUT2D eigenvalue weighted by Crippen LogP contribution is -2.40. The number of methoxy groups -OCH3 is 1. The second-order valence-corrected chi connectivity index (χ2v) is 8.42. The number of nitrogens with one attached hydrogen (secondary N) is 2. The van der Waals surface area contributed by atoms with E-state index in [1.165, 1.54) is 7.11 Å². The number of benzene rings is 2. The van der Waals surface area contributed by atoms with Crippen molar-refractivity contribution in [3.8, 4) is 17.2 Å². The molecule has 0 radical (unpaired) electrons. The third-order valence-corrected chi connectivity index (χ3v) is 4.95. The third-order valence-electron chi connectivity index (χ3n) is 4.39. The molecule has 0 aliphatic carbocycles. The smallest absolute Gasteiger partial charge is 0.252 e. The van der Waals surface area contributed by atoms with Gasteiger partial charge in [-0.3, -0.25) is 9.78 Å². The lowest BCUT2D eigenvalue weighted by atomic mass is 10.1. The molecule has 5 N–H and O–H groups in total. The van der Waals surface area contributed by atoms with Crippen molar-refractivity contribution in [1.29, 1.82) is 0 Å². The van der Waals surface area contributed by atoms with Gasteiger partial charge in [0.2, 0.25) is 0 Å². The first kappa shape index (κ1) is 23.5. The van der Waals surface area contributed by atoms with Crippen molar-refractivity contribution in [1.82, 2.24) is 10.3 Å². The van der Waals surface area contributed by atoms with Crippen LogP contribution < -0.4 is 25.8 Å². The number of halogens is 1. The molecule has 3 aromatic rings. The Morgan fingerprint density at radius 1 is 1.25 bits per heavy atom. The molecule has 168 valence electrons. The van der Waals surface area contributed by atoms with Crippen molar-refractivity contribution in [3.05, 3.63) is 53.2 Å². The molecule has 0 aliphatic rings. The largest absolute Gasteiger partial charge is 0.496 e. The molecular weight excluding hydrogens is 452 g/mol. The fourth-order valence-corrected chi connectivity index (χ4v) is 3.25. The monoisotopic (exact) mass is 474 g/mol. The molecule has 0 spiro atoms. The number of hydrogen-bond donors (Lipinski definition) is 4. The Hall–Kier alpha value is -3.14. The van der Waals surface area contributed by atoms with Crippen molar-refractivity contribution in [2.75, 3.05) is 19.0 Å². The van der Waals surface area contributed by atoms with Gasteiger partial charge in [0.25, 0.3) is 5.91 Å².